The van der Waals surface area contributed by atoms with E-state index in [1.165, 1.54) is 11.1 Å². The quantitative estimate of drug-likeness (QED) is 0.799. The third-order valence-electron chi connectivity index (χ3n) is 4.34. The van der Waals surface area contributed by atoms with Crippen LogP contribution in [0.25, 0.3) is 16.9 Å². The highest BCUT2D eigenvalue weighted by atomic mass is 16.5. The number of fused-ring (bicyclic) bond motifs is 1. The summed E-state index contributed by atoms with van der Waals surface area (Å²) >= 11 is 0. The van der Waals surface area contributed by atoms with Gasteiger partial charge in [0.2, 0.25) is 0 Å². The molecule has 0 saturated heterocycles. The first kappa shape index (κ1) is 13.9. The smallest absolute Gasteiger partial charge is 0.133 e. The number of para-hydroxylation sites is 1. The van der Waals surface area contributed by atoms with Gasteiger partial charge in [-0.1, -0.05) is 30.3 Å². The van der Waals surface area contributed by atoms with Gasteiger partial charge in [0.05, 0.1) is 18.5 Å². The van der Waals surface area contributed by atoms with Crippen molar-refractivity contribution >= 4 is 5.82 Å². The second-order valence-electron chi connectivity index (χ2n) is 5.78. The summed E-state index contributed by atoms with van der Waals surface area (Å²) in [6.07, 6.45) is 0.994. The van der Waals surface area contributed by atoms with E-state index in [-0.39, 0.29) is 0 Å². The van der Waals surface area contributed by atoms with Crippen LogP contribution in [0.4, 0.5) is 5.82 Å². The molecule has 0 radical (unpaired) electrons. The van der Waals surface area contributed by atoms with Gasteiger partial charge in [-0.3, -0.25) is 0 Å². The molecule has 0 fully saturated rings. The van der Waals surface area contributed by atoms with Crippen LogP contribution < -0.4 is 10.1 Å². The van der Waals surface area contributed by atoms with Crippen LogP contribution in [0.2, 0.25) is 0 Å². The predicted molar refractivity (Wildman–Crippen MR) is 92.5 cm³/mol. The second kappa shape index (κ2) is 5.47. The van der Waals surface area contributed by atoms with Gasteiger partial charge in [0.15, 0.2) is 0 Å². The fourth-order valence-corrected chi connectivity index (χ4v) is 3.15. The molecule has 0 spiro atoms. The summed E-state index contributed by atoms with van der Waals surface area (Å²) in [5, 5.41) is 8.39. The number of aryl methyl sites for hydroxylation is 1. The van der Waals surface area contributed by atoms with Crippen molar-refractivity contribution in [3.8, 4) is 22.7 Å². The number of hydrogen-bond acceptors (Lipinski definition) is 3. The standard InChI is InChI=1S/C19H19N3O/c1-13-6-3-4-9-17(13)22-19-16(10-11-20-19)18(21-22)14-7-5-8-15(12-14)23-2/h3-9,12,20H,10-11H2,1-2H3. The Hall–Kier alpha value is -2.75. The first-order valence-electron chi connectivity index (χ1n) is 7.84. The zero-order chi connectivity index (χ0) is 15.8. The summed E-state index contributed by atoms with van der Waals surface area (Å²) < 4.78 is 7.39. The van der Waals surface area contributed by atoms with Crippen LogP contribution in [-0.2, 0) is 6.42 Å². The van der Waals surface area contributed by atoms with Crippen LogP contribution >= 0.6 is 0 Å². The third-order valence-corrected chi connectivity index (χ3v) is 4.34. The molecular weight excluding hydrogens is 286 g/mol. The molecule has 23 heavy (non-hydrogen) atoms. The van der Waals surface area contributed by atoms with Crippen molar-refractivity contribution in [1.29, 1.82) is 0 Å². The number of methoxy groups -OCH3 is 1. The molecule has 116 valence electrons. The normalized spacial score (nSPS) is 12.8. The lowest BCUT2D eigenvalue weighted by Crippen LogP contribution is -2.05. The van der Waals surface area contributed by atoms with Gasteiger partial charge < -0.3 is 10.1 Å². The highest BCUT2D eigenvalue weighted by molar-refractivity contribution is 5.73. The SMILES string of the molecule is COc1cccc(-c2nn(-c3ccccc3C)c3c2CCN3)c1. The summed E-state index contributed by atoms with van der Waals surface area (Å²) in [5.74, 6) is 1.96. The number of benzene rings is 2. The van der Waals surface area contributed by atoms with E-state index in [1.807, 2.05) is 22.9 Å². The van der Waals surface area contributed by atoms with E-state index < -0.39 is 0 Å². The summed E-state index contributed by atoms with van der Waals surface area (Å²) in [7, 11) is 1.69. The summed E-state index contributed by atoms with van der Waals surface area (Å²) in [5.41, 5.74) is 5.74. The van der Waals surface area contributed by atoms with Gasteiger partial charge in [-0.15, -0.1) is 0 Å². The molecule has 0 unspecified atom stereocenters. The van der Waals surface area contributed by atoms with Crippen LogP contribution in [0.1, 0.15) is 11.1 Å². The lowest BCUT2D eigenvalue weighted by Gasteiger charge is -2.09. The molecule has 0 amide bonds. The fraction of sp³-hybridized carbons (Fsp3) is 0.211. The van der Waals surface area contributed by atoms with Gasteiger partial charge in [-0.25, -0.2) is 4.68 Å². The molecule has 0 bridgehead atoms. The molecule has 1 aliphatic rings. The Labute approximate surface area is 135 Å². The number of ether oxygens (including phenoxy) is 1. The number of hydrogen-bond donors (Lipinski definition) is 1. The molecule has 4 rings (SSSR count). The monoisotopic (exact) mass is 305 g/mol. The van der Waals surface area contributed by atoms with Gasteiger partial charge >= 0.3 is 0 Å². The zero-order valence-corrected chi connectivity index (χ0v) is 13.3. The molecule has 0 saturated carbocycles. The van der Waals surface area contributed by atoms with Crippen molar-refractivity contribution in [2.24, 2.45) is 0 Å². The highest BCUT2D eigenvalue weighted by Gasteiger charge is 2.24. The minimum Gasteiger partial charge on any atom is -0.497 e. The fourth-order valence-electron chi connectivity index (χ4n) is 3.15. The van der Waals surface area contributed by atoms with Gasteiger partial charge in [0.25, 0.3) is 0 Å². The van der Waals surface area contributed by atoms with Crippen LogP contribution in [0.3, 0.4) is 0 Å². The van der Waals surface area contributed by atoms with Crippen molar-refractivity contribution in [2.75, 3.05) is 19.0 Å². The largest absolute Gasteiger partial charge is 0.497 e. The van der Waals surface area contributed by atoms with E-state index in [1.54, 1.807) is 7.11 Å². The maximum Gasteiger partial charge on any atom is 0.133 e. The number of rotatable bonds is 3. The van der Waals surface area contributed by atoms with Crippen molar-refractivity contribution in [3.05, 3.63) is 59.7 Å². The van der Waals surface area contributed by atoms with E-state index in [0.717, 1.165) is 41.5 Å². The summed E-state index contributed by atoms with van der Waals surface area (Å²) in [4.78, 5) is 0. The lowest BCUT2D eigenvalue weighted by atomic mass is 10.1. The van der Waals surface area contributed by atoms with Crippen LogP contribution in [-0.4, -0.2) is 23.4 Å². The van der Waals surface area contributed by atoms with Crippen LogP contribution in [0, 0.1) is 6.92 Å². The third kappa shape index (κ3) is 2.27. The Kier molecular flexibility index (Phi) is 3.30. The molecule has 1 aromatic heterocycles. The van der Waals surface area contributed by atoms with E-state index in [9.17, 15) is 0 Å². The molecule has 4 heteroatoms. The minimum atomic E-state index is 0.854. The Bertz CT molecular complexity index is 867. The Morgan fingerprint density at radius 2 is 2.00 bits per heavy atom. The number of nitrogens with one attached hydrogen (secondary N) is 1. The summed E-state index contributed by atoms with van der Waals surface area (Å²) in [6.45, 7) is 3.07. The molecule has 1 N–H and O–H groups in total. The average Bonchev–Trinajstić information content (AvgIpc) is 3.18. The van der Waals surface area contributed by atoms with Crippen LogP contribution in [0.15, 0.2) is 48.5 Å². The molecule has 2 aromatic carbocycles. The lowest BCUT2D eigenvalue weighted by molar-refractivity contribution is 0.415. The Morgan fingerprint density at radius 3 is 2.83 bits per heavy atom. The topological polar surface area (TPSA) is 39.1 Å². The molecule has 1 aliphatic heterocycles. The highest BCUT2D eigenvalue weighted by Crippen LogP contribution is 2.36. The molecule has 0 aliphatic carbocycles. The van der Waals surface area contributed by atoms with E-state index in [2.05, 4.69) is 42.6 Å². The molecule has 2 heterocycles. The number of anilines is 1. The molecule has 4 nitrogen and oxygen atoms in total. The van der Waals surface area contributed by atoms with E-state index in [4.69, 9.17) is 9.84 Å². The minimum absolute atomic E-state index is 0.854. The average molecular weight is 305 g/mol. The maximum atomic E-state index is 5.36. The predicted octanol–water partition coefficient (Wildman–Crippen LogP) is 3.82. The van der Waals surface area contributed by atoms with Gasteiger partial charge in [-0.05, 0) is 37.1 Å². The van der Waals surface area contributed by atoms with Gasteiger partial charge in [0, 0.05) is 17.7 Å². The first-order chi connectivity index (χ1) is 11.3. The van der Waals surface area contributed by atoms with Crippen molar-refractivity contribution in [2.45, 2.75) is 13.3 Å². The van der Waals surface area contributed by atoms with E-state index in [0.29, 0.717) is 0 Å². The molecule has 3 aromatic rings. The van der Waals surface area contributed by atoms with Gasteiger partial charge in [0.1, 0.15) is 11.6 Å². The Morgan fingerprint density at radius 1 is 1.13 bits per heavy atom. The zero-order valence-electron chi connectivity index (χ0n) is 13.3. The van der Waals surface area contributed by atoms with Crippen molar-refractivity contribution in [3.63, 3.8) is 0 Å². The molecular formula is C19H19N3O. The van der Waals surface area contributed by atoms with Crippen molar-refractivity contribution < 1.29 is 4.74 Å². The number of nitrogens with zero attached hydrogens (tertiary/aromatic N) is 2. The van der Waals surface area contributed by atoms with Gasteiger partial charge in [-0.2, -0.15) is 5.10 Å². The van der Waals surface area contributed by atoms with Crippen LogP contribution in [0.5, 0.6) is 5.75 Å². The maximum absolute atomic E-state index is 5.36. The number of aromatic nitrogens is 2. The molecule has 0 atom stereocenters. The summed E-state index contributed by atoms with van der Waals surface area (Å²) in [6, 6.07) is 16.4. The second-order valence-corrected chi connectivity index (χ2v) is 5.78. The first-order valence-corrected chi connectivity index (χ1v) is 7.84. The van der Waals surface area contributed by atoms with E-state index >= 15 is 0 Å². The van der Waals surface area contributed by atoms with Crippen molar-refractivity contribution in [1.82, 2.24) is 9.78 Å². The Balaban J connectivity index is 1.90.